The van der Waals surface area contributed by atoms with Crippen molar-refractivity contribution >= 4 is 29.3 Å². The molecule has 1 aromatic carbocycles. The zero-order chi connectivity index (χ0) is 14.3. The van der Waals surface area contributed by atoms with Gasteiger partial charge in [-0.1, -0.05) is 12.7 Å². The molecule has 0 fully saturated rings. The maximum absolute atomic E-state index is 11.6. The van der Waals surface area contributed by atoms with Crippen molar-refractivity contribution in [2.75, 3.05) is 11.2 Å². The molecule has 0 aliphatic rings. The van der Waals surface area contributed by atoms with Crippen LogP contribution in [0.5, 0.6) is 5.75 Å². The Morgan fingerprint density at radius 3 is 2.84 bits per heavy atom. The lowest BCUT2D eigenvalue weighted by molar-refractivity contribution is -0.116. The van der Waals surface area contributed by atoms with Crippen LogP contribution in [0.4, 0.5) is 5.69 Å². The number of carbonyl (C=O) groups is 1. The molecule has 0 aliphatic heterocycles. The fourth-order valence-electron chi connectivity index (χ4n) is 1.60. The highest BCUT2D eigenvalue weighted by atomic mass is 35.5. The molecule has 0 atom stereocenters. The van der Waals surface area contributed by atoms with Crippen LogP contribution in [0.25, 0.3) is 6.08 Å². The summed E-state index contributed by atoms with van der Waals surface area (Å²) >= 11 is 5.56. The first-order chi connectivity index (χ1) is 9.06. The van der Waals surface area contributed by atoms with Gasteiger partial charge in [0.05, 0.1) is 6.10 Å². The molecule has 0 heterocycles. The van der Waals surface area contributed by atoms with Crippen molar-refractivity contribution in [2.24, 2.45) is 0 Å². The number of carbonyl (C=O) groups excluding carboxylic acids is 1. The number of nitrogens with one attached hydrogen (secondary N) is 1. The summed E-state index contributed by atoms with van der Waals surface area (Å²) in [4.78, 5) is 11.6. The van der Waals surface area contributed by atoms with Crippen molar-refractivity contribution in [3.05, 3.63) is 30.3 Å². The lowest BCUT2D eigenvalue weighted by Crippen LogP contribution is -2.12. The number of halogens is 1. The predicted octanol–water partition coefficient (Wildman–Crippen LogP) is 4.07. The van der Waals surface area contributed by atoms with Gasteiger partial charge in [-0.3, -0.25) is 4.79 Å². The number of amides is 1. The van der Waals surface area contributed by atoms with Gasteiger partial charge in [0.2, 0.25) is 5.91 Å². The first kappa shape index (κ1) is 15.6. The topological polar surface area (TPSA) is 38.3 Å². The summed E-state index contributed by atoms with van der Waals surface area (Å²) in [6, 6.07) is 5.51. The first-order valence-electron chi connectivity index (χ1n) is 6.35. The van der Waals surface area contributed by atoms with Gasteiger partial charge in [-0.2, -0.15) is 0 Å². The summed E-state index contributed by atoms with van der Waals surface area (Å²) in [5, 5.41) is 2.83. The number of ether oxygens (including phenoxy) is 1. The van der Waals surface area contributed by atoms with Crippen molar-refractivity contribution < 1.29 is 9.53 Å². The summed E-state index contributed by atoms with van der Waals surface area (Å²) in [6.45, 7) is 7.69. The summed E-state index contributed by atoms with van der Waals surface area (Å²) in [5.74, 6) is 1.23. The van der Waals surface area contributed by atoms with Gasteiger partial charge in [0, 0.05) is 23.6 Å². The van der Waals surface area contributed by atoms with Gasteiger partial charge in [0.15, 0.2) is 0 Å². The number of alkyl halides is 1. The molecule has 0 aromatic heterocycles. The van der Waals surface area contributed by atoms with E-state index in [2.05, 4.69) is 11.9 Å². The molecule has 0 saturated heterocycles. The first-order valence-corrected chi connectivity index (χ1v) is 6.89. The normalized spacial score (nSPS) is 10.3. The van der Waals surface area contributed by atoms with E-state index in [-0.39, 0.29) is 12.0 Å². The van der Waals surface area contributed by atoms with E-state index in [9.17, 15) is 4.79 Å². The number of hydrogen-bond acceptors (Lipinski definition) is 2. The van der Waals surface area contributed by atoms with E-state index in [1.807, 2.05) is 32.0 Å². The molecule has 19 heavy (non-hydrogen) atoms. The lowest BCUT2D eigenvalue weighted by atomic mass is 10.1. The standard InChI is InChI=1S/C15H20ClNO2/c1-4-12-10-13(17-15(18)6-5-9-16)7-8-14(12)19-11(2)3/h4,7-8,10-11H,1,5-6,9H2,2-3H3,(H,17,18). The van der Waals surface area contributed by atoms with E-state index < -0.39 is 0 Å². The largest absolute Gasteiger partial charge is 0.490 e. The Morgan fingerprint density at radius 2 is 2.26 bits per heavy atom. The van der Waals surface area contributed by atoms with Gasteiger partial charge in [-0.15, -0.1) is 11.6 Å². The van der Waals surface area contributed by atoms with Crippen LogP contribution in [0, 0.1) is 0 Å². The number of hydrogen-bond donors (Lipinski definition) is 1. The second-order valence-corrected chi connectivity index (χ2v) is 4.84. The second-order valence-electron chi connectivity index (χ2n) is 4.46. The summed E-state index contributed by atoms with van der Waals surface area (Å²) < 4.78 is 5.66. The van der Waals surface area contributed by atoms with Crippen LogP contribution in [-0.2, 0) is 4.79 Å². The second kappa shape index (κ2) is 7.85. The Balaban J connectivity index is 2.76. The molecule has 0 aliphatic carbocycles. The molecule has 1 amide bonds. The Morgan fingerprint density at radius 1 is 1.53 bits per heavy atom. The molecule has 1 aromatic rings. The van der Waals surface area contributed by atoms with E-state index in [1.165, 1.54) is 0 Å². The smallest absolute Gasteiger partial charge is 0.224 e. The SMILES string of the molecule is C=Cc1cc(NC(=O)CCCCl)ccc1OC(C)C. The fourth-order valence-corrected chi connectivity index (χ4v) is 1.73. The maximum Gasteiger partial charge on any atom is 0.224 e. The van der Waals surface area contributed by atoms with Gasteiger partial charge in [-0.25, -0.2) is 0 Å². The molecule has 0 radical (unpaired) electrons. The summed E-state index contributed by atoms with van der Waals surface area (Å²) in [7, 11) is 0. The Hall–Kier alpha value is -1.48. The third-order valence-electron chi connectivity index (χ3n) is 2.41. The lowest BCUT2D eigenvalue weighted by Gasteiger charge is -2.14. The van der Waals surface area contributed by atoms with Crippen LogP contribution in [-0.4, -0.2) is 17.9 Å². The molecule has 0 bridgehead atoms. The van der Waals surface area contributed by atoms with E-state index in [0.29, 0.717) is 18.7 Å². The number of rotatable bonds is 7. The van der Waals surface area contributed by atoms with Gasteiger partial charge in [0.25, 0.3) is 0 Å². The monoisotopic (exact) mass is 281 g/mol. The highest BCUT2D eigenvalue weighted by Crippen LogP contribution is 2.25. The van der Waals surface area contributed by atoms with Crippen molar-refractivity contribution in [1.29, 1.82) is 0 Å². The third kappa shape index (κ3) is 5.35. The highest BCUT2D eigenvalue weighted by molar-refractivity contribution is 6.18. The summed E-state index contributed by atoms with van der Waals surface area (Å²) in [5.41, 5.74) is 1.61. The molecule has 1 rings (SSSR count). The molecule has 0 unspecified atom stereocenters. The molecule has 0 saturated carbocycles. The summed E-state index contributed by atoms with van der Waals surface area (Å²) in [6.07, 6.45) is 2.92. The minimum absolute atomic E-state index is 0.0341. The molecule has 4 heteroatoms. The molecular weight excluding hydrogens is 262 g/mol. The third-order valence-corrected chi connectivity index (χ3v) is 2.68. The minimum atomic E-state index is -0.0341. The van der Waals surface area contributed by atoms with Gasteiger partial charge in [0.1, 0.15) is 5.75 Å². The average Bonchev–Trinajstić information content (AvgIpc) is 2.37. The maximum atomic E-state index is 11.6. The van der Waals surface area contributed by atoms with E-state index in [4.69, 9.17) is 16.3 Å². The minimum Gasteiger partial charge on any atom is -0.490 e. The molecule has 0 spiro atoms. The van der Waals surface area contributed by atoms with Crippen LogP contribution in [0.1, 0.15) is 32.3 Å². The molecule has 1 N–H and O–H groups in total. The molecule has 104 valence electrons. The van der Waals surface area contributed by atoms with E-state index in [0.717, 1.165) is 17.0 Å². The van der Waals surface area contributed by atoms with Gasteiger partial charge >= 0.3 is 0 Å². The van der Waals surface area contributed by atoms with Crippen LogP contribution < -0.4 is 10.1 Å². The highest BCUT2D eigenvalue weighted by Gasteiger charge is 2.07. The zero-order valence-corrected chi connectivity index (χ0v) is 12.2. The Bertz CT molecular complexity index is 444. The Labute approximate surface area is 119 Å². The average molecular weight is 282 g/mol. The van der Waals surface area contributed by atoms with Crippen molar-refractivity contribution in [2.45, 2.75) is 32.8 Å². The fraction of sp³-hybridized carbons (Fsp3) is 0.400. The van der Waals surface area contributed by atoms with Crippen LogP contribution in [0.2, 0.25) is 0 Å². The van der Waals surface area contributed by atoms with Crippen LogP contribution in [0.15, 0.2) is 24.8 Å². The van der Waals surface area contributed by atoms with Crippen LogP contribution >= 0.6 is 11.6 Å². The zero-order valence-electron chi connectivity index (χ0n) is 11.4. The number of benzene rings is 1. The van der Waals surface area contributed by atoms with Gasteiger partial charge in [-0.05, 0) is 38.5 Å². The Kier molecular flexibility index (Phi) is 6.43. The molecular formula is C15H20ClNO2. The van der Waals surface area contributed by atoms with Crippen molar-refractivity contribution in [1.82, 2.24) is 0 Å². The van der Waals surface area contributed by atoms with Gasteiger partial charge < -0.3 is 10.1 Å². The van der Waals surface area contributed by atoms with Crippen LogP contribution in [0.3, 0.4) is 0 Å². The molecule has 3 nitrogen and oxygen atoms in total. The quantitative estimate of drug-likeness (QED) is 0.765. The van der Waals surface area contributed by atoms with E-state index in [1.54, 1.807) is 6.08 Å². The van der Waals surface area contributed by atoms with Crippen molar-refractivity contribution in [3.8, 4) is 5.75 Å². The van der Waals surface area contributed by atoms with E-state index >= 15 is 0 Å². The predicted molar refractivity (Wildman–Crippen MR) is 80.9 cm³/mol. The van der Waals surface area contributed by atoms with Crippen molar-refractivity contribution in [3.63, 3.8) is 0 Å². The number of anilines is 1.